The molecule has 0 spiro atoms. The van der Waals surface area contributed by atoms with Gasteiger partial charge in [-0.15, -0.1) is 13.2 Å². The van der Waals surface area contributed by atoms with Gasteiger partial charge in [0.25, 0.3) is 5.56 Å². The van der Waals surface area contributed by atoms with Crippen molar-refractivity contribution in [3.63, 3.8) is 0 Å². The molecule has 0 saturated heterocycles. The third-order valence-corrected chi connectivity index (χ3v) is 4.78. The lowest BCUT2D eigenvalue weighted by molar-refractivity contribution is -0.274. The minimum atomic E-state index is -4.95. The van der Waals surface area contributed by atoms with Crippen LogP contribution in [0.4, 0.5) is 13.2 Å². The molecule has 0 radical (unpaired) electrons. The van der Waals surface area contributed by atoms with Gasteiger partial charge in [0, 0.05) is 24.2 Å². The minimum absolute atomic E-state index is 0.0598. The highest BCUT2D eigenvalue weighted by Gasteiger charge is 2.32. The van der Waals surface area contributed by atoms with Gasteiger partial charge in [0.2, 0.25) is 5.28 Å². The molecule has 0 fully saturated rings. The second kappa shape index (κ2) is 8.24. The van der Waals surface area contributed by atoms with Crippen LogP contribution >= 0.6 is 23.2 Å². The van der Waals surface area contributed by atoms with E-state index in [4.69, 9.17) is 23.2 Å². The molecule has 2 aromatic rings. The number of hydrogen-bond acceptors (Lipinski definition) is 6. The minimum Gasteiger partial charge on any atom is -0.404 e. The molecular weight excluding hydrogens is 474 g/mol. The summed E-state index contributed by atoms with van der Waals surface area (Å²) >= 11 is 11.5. The second-order valence-electron chi connectivity index (χ2n) is 6.43. The van der Waals surface area contributed by atoms with Gasteiger partial charge in [0.05, 0.1) is 22.8 Å². The zero-order valence-corrected chi connectivity index (χ0v) is 17.2. The molecule has 13 heteroatoms. The molecule has 2 aliphatic rings. The monoisotopic (exact) mass is 483 g/mol. The van der Waals surface area contributed by atoms with Gasteiger partial charge in [-0.3, -0.25) is 4.79 Å². The van der Waals surface area contributed by atoms with Gasteiger partial charge in [-0.25, -0.2) is 19.3 Å². The fraction of sp³-hybridized carbons (Fsp3) is 0.105. The van der Waals surface area contributed by atoms with Crippen molar-refractivity contribution in [3.05, 3.63) is 85.6 Å². The average molecular weight is 484 g/mol. The Morgan fingerprint density at radius 1 is 1.06 bits per heavy atom. The fourth-order valence-corrected chi connectivity index (χ4v) is 3.30. The molecule has 164 valence electrons. The number of halogens is 5. The summed E-state index contributed by atoms with van der Waals surface area (Å²) in [6.07, 6.45) is -0.341. The standard InChI is InChI=1S/C19H10Cl2F3N5O3/c20-13-6-11(3-4-14(13)32-19(22,23)24)29-16(30)12-2-1-5-28(15(12)27-18(29)31)9-10-7-25-17(21)26-8-10/h1-8H,9H2. The van der Waals surface area contributed by atoms with Crippen LogP contribution in [0.3, 0.4) is 0 Å². The quantitative estimate of drug-likeness (QED) is 0.412. The predicted octanol–water partition coefficient (Wildman–Crippen LogP) is 3.54. The second-order valence-corrected chi connectivity index (χ2v) is 7.18. The summed E-state index contributed by atoms with van der Waals surface area (Å²) in [4.78, 5) is 37.5. The Hall–Kier alpha value is -3.44. The molecule has 0 bridgehead atoms. The van der Waals surface area contributed by atoms with Crippen molar-refractivity contribution in [2.24, 2.45) is 0 Å². The van der Waals surface area contributed by atoms with E-state index in [0.29, 0.717) is 10.1 Å². The smallest absolute Gasteiger partial charge is 0.404 e. The summed E-state index contributed by atoms with van der Waals surface area (Å²) in [5.41, 5.74) is -0.959. The van der Waals surface area contributed by atoms with Gasteiger partial charge in [0.1, 0.15) is 5.75 Å². The van der Waals surface area contributed by atoms with E-state index in [9.17, 15) is 22.8 Å². The van der Waals surface area contributed by atoms with E-state index in [0.717, 1.165) is 18.2 Å². The normalized spacial score (nSPS) is 11.7. The molecule has 8 nitrogen and oxygen atoms in total. The van der Waals surface area contributed by atoms with E-state index in [1.165, 1.54) is 18.5 Å². The molecule has 32 heavy (non-hydrogen) atoms. The van der Waals surface area contributed by atoms with Crippen molar-refractivity contribution in [2.45, 2.75) is 12.9 Å². The Bertz CT molecular complexity index is 1390. The Kier molecular flexibility index (Phi) is 5.61. The van der Waals surface area contributed by atoms with E-state index < -0.39 is 28.4 Å². The summed E-state index contributed by atoms with van der Waals surface area (Å²) in [6.45, 7) is 0.208. The Labute approximate surface area is 186 Å². The zero-order chi connectivity index (χ0) is 23.0. The van der Waals surface area contributed by atoms with Gasteiger partial charge in [-0.05, 0) is 41.9 Å². The van der Waals surface area contributed by atoms with Crippen LogP contribution in [0.2, 0.25) is 10.3 Å². The number of benzene rings is 1. The van der Waals surface area contributed by atoms with Gasteiger partial charge >= 0.3 is 12.1 Å². The maximum atomic E-state index is 13.0. The van der Waals surface area contributed by atoms with Crippen molar-refractivity contribution in [1.29, 1.82) is 0 Å². The number of nitrogens with zero attached hydrogens (tertiary/aromatic N) is 5. The van der Waals surface area contributed by atoms with Gasteiger partial charge in [-0.2, -0.15) is 4.98 Å². The molecule has 1 aromatic heterocycles. The van der Waals surface area contributed by atoms with Gasteiger partial charge in [-0.1, -0.05) is 11.6 Å². The Morgan fingerprint density at radius 3 is 2.44 bits per heavy atom. The lowest BCUT2D eigenvalue weighted by atomic mass is 10.2. The number of fused-ring (bicyclic) bond motifs is 1. The first kappa shape index (κ1) is 21.8. The van der Waals surface area contributed by atoms with Crippen molar-refractivity contribution >= 4 is 23.2 Å². The van der Waals surface area contributed by atoms with Crippen molar-refractivity contribution < 1.29 is 17.9 Å². The third-order valence-electron chi connectivity index (χ3n) is 4.29. The van der Waals surface area contributed by atoms with Crippen LogP contribution in [0, 0.1) is 0 Å². The lowest BCUT2D eigenvalue weighted by Gasteiger charge is -2.16. The number of ether oxygens (including phenoxy) is 1. The van der Waals surface area contributed by atoms with Crippen LogP contribution in [0.1, 0.15) is 5.56 Å². The van der Waals surface area contributed by atoms with E-state index in [-0.39, 0.29) is 28.9 Å². The number of hydrogen-bond donors (Lipinski definition) is 0. The Balaban J connectivity index is 1.78. The number of rotatable bonds is 4. The van der Waals surface area contributed by atoms with E-state index in [1.807, 2.05) is 0 Å². The number of alkyl halides is 3. The van der Waals surface area contributed by atoms with Crippen LogP contribution in [-0.4, -0.2) is 30.4 Å². The van der Waals surface area contributed by atoms with E-state index >= 15 is 0 Å². The van der Waals surface area contributed by atoms with Gasteiger partial charge in [0.15, 0.2) is 5.82 Å². The highest BCUT2D eigenvalue weighted by atomic mass is 35.5. The summed E-state index contributed by atoms with van der Waals surface area (Å²) < 4.78 is 43.4. The highest BCUT2D eigenvalue weighted by molar-refractivity contribution is 6.32. The largest absolute Gasteiger partial charge is 0.573 e. The summed E-state index contributed by atoms with van der Waals surface area (Å²) in [7, 11) is 0. The average Bonchev–Trinajstić information content (AvgIpc) is 2.71. The molecule has 0 unspecified atom stereocenters. The predicted molar refractivity (Wildman–Crippen MR) is 109 cm³/mol. The lowest BCUT2D eigenvalue weighted by Crippen LogP contribution is -2.36. The number of aromatic nitrogens is 5. The molecule has 3 heterocycles. The first-order valence-corrected chi connectivity index (χ1v) is 9.52. The molecule has 0 saturated carbocycles. The van der Waals surface area contributed by atoms with E-state index in [2.05, 4.69) is 19.7 Å². The van der Waals surface area contributed by atoms with Crippen molar-refractivity contribution in [1.82, 2.24) is 24.1 Å². The molecule has 4 rings (SSSR count). The van der Waals surface area contributed by atoms with Crippen LogP contribution in [-0.2, 0) is 6.54 Å². The molecular formula is C19H10Cl2F3N5O3. The number of pyridine rings is 1. The third kappa shape index (κ3) is 4.43. The van der Waals surface area contributed by atoms with Crippen LogP contribution < -0.4 is 16.0 Å². The Morgan fingerprint density at radius 2 is 1.78 bits per heavy atom. The van der Waals surface area contributed by atoms with Crippen molar-refractivity contribution in [2.75, 3.05) is 0 Å². The highest BCUT2D eigenvalue weighted by Crippen LogP contribution is 2.31. The van der Waals surface area contributed by atoms with Crippen LogP contribution in [0.5, 0.6) is 5.75 Å². The molecule has 2 aliphatic heterocycles. The first-order valence-electron chi connectivity index (χ1n) is 8.77. The maximum Gasteiger partial charge on any atom is 0.573 e. The summed E-state index contributed by atoms with van der Waals surface area (Å²) in [5, 5.41) is -0.359. The first-order chi connectivity index (χ1) is 15.1. The topological polar surface area (TPSA) is 91.9 Å². The van der Waals surface area contributed by atoms with Crippen molar-refractivity contribution in [3.8, 4) is 22.8 Å². The fourth-order valence-electron chi connectivity index (χ4n) is 2.99. The molecule has 0 atom stereocenters. The molecule has 0 aliphatic carbocycles. The molecule has 0 amide bonds. The van der Waals surface area contributed by atoms with Gasteiger partial charge < -0.3 is 9.30 Å². The summed E-state index contributed by atoms with van der Waals surface area (Å²) in [5.74, 6) is -0.558. The van der Waals surface area contributed by atoms with Crippen LogP contribution in [0.25, 0.3) is 17.1 Å². The van der Waals surface area contributed by atoms with E-state index in [1.54, 1.807) is 16.8 Å². The SMILES string of the molecule is O=c1nc2n(Cc3cnc(Cl)nc3)cccc-2c(=O)n1-c1ccc(OC(F)(F)F)c(Cl)c1. The summed E-state index contributed by atoms with van der Waals surface area (Å²) in [6, 6.07) is 6.09. The van der Waals surface area contributed by atoms with Crippen LogP contribution in [0.15, 0.2) is 58.5 Å². The molecule has 0 N–H and O–H groups in total. The maximum absolute atomic E-state index is 13.0. The zero-order valence-electron chi connectivity index (χ0n) is 15.7. The molecule has 1 aromatic carbocycles.